The lowest BCUT2D eigenvalue weighted by Crippen LogP contribution is -2.39. The molecule has 2 amide bonds. The molecule has 2 aliphatic rings. The van der Waals surface area contributed by atoms with Crippen LogP contribution in [0.2, 0.25) is 10.0 Å². The Morgan fingerprint density at radius 1 is 1.03 bits per heavy atom. The Labute approximate surface area is 217 Å². The lowest BCUT2D eigenvalue weighted by Gasteiger charge is -2.31. The van der Waals surface area contributed by atoms with Gasteiger partial charge < -0.3 is 20.7 Å². The van der Waals surface area contributed by atoms with E-state index in [0.29, 0.717) is 34.4 Å². The highest BCUT2D eigenvalue weighted by Gasteiger charge is 2.36. The number of nitrogens with zero attached hydrogens (tertiary/aromatic N) is 1. The fourth-order valence-electron chi connectivity index (χ4n) is 4.97. The van der Waals surface area contributed by atoms with Crippen LogP contribution in [0.25, 0.3) is 11.1 Å². The number of aldehydes is 1. The second-order valence-corrected chi connectivity index (χ2v) is 9.70. The molecule has 1 aliphatic carbocycles. The highest BCUT2D eigenvalue weighted by atomic mass is 35.5. The summed E-state index contributed by atoms with van der Waals surface area (Å²) >= 11 is 13.3. The summed E-state index contributed by atoms with van der Waals surface area (Å²) in [7, 11) is 1.50. The first kappa shape index (κ1) is 27.2. The summed E-state index contributed by atoms with van der Waals surface area (Å²) in [5.41, 5.74) is 7.50. The molecule has 1 saturated carbocycles. The quantitative estimate of drug-likeness (QED) is 0.511. The first-order valence-corrected chi connectivity index (χ1v) is 12.9. The van der Waals surface area contributed by atoms with Crippen LogP contribution in [0.15, 0.2) is 36.4 Å². The fourth-order valence-corrected chi connectivity index (χ4v) is 5.61. The minimum absolute atomic E-state index is 0.0187. The first-order valence-electron chi connectivity index (χ1n) is 12.2. The summed E-state index contributed by atoms with van der Waals surface area (Å²) in [6.07, 6.45) is 7.97. The fraction of sp³-hybridized carbons (Fsp3) is 0.444. The van der Waals surface area contributed by atoms with Crippen molar-refractivity contribution in [3.8, 4) is 11.1 Å². The molecule has 8 heteroatoms. The van der Waals surface area contributed by atoms with Crippen molar-refractivity contribution in [2.45, 2.75) is 51.0 Å². The predicted octanol–water partition coefficient (Wildman–Crippen LogP) is 4.89. The Morgan fingerprint density at radius 2 is 1.66 bits per heavy atom. The van der Waals surface area contributed by atoms with Crippen LogP contribution >= 0.6 is 23.2 Å². The lowest BCUT2D eigenvalue weighted by atomic mass is 9.93. The maximum Gasteiger partial charge on any atom is 0.251 e. The monoisotopic (exact) mass is 517 g/mol. The molecular formula is C27H33Cl2N3O3. The van der Waals surface area contributed by atoms with Crippen molar-refractivity contribution in [3.63, 3.8) is 0 Å². The summed E-state index contributed by atoms with van der Waals surface area (Å²) < 4.78 is 0. The van der Waals surface area contributed by atoms with E-state index in [9.17, 15) is 14.4 Å². The van der Waals surface area contributed by atoms with Crippen LogP contribution in [0.5, 0.6) is 0 Å². The lowest BCUT2D eigenvalue weighted by molar-refractivity contribution is -0.133. The number of rotatable bonds is 7. The molecule has 0 unspecified atom stereocenters. The van der Waals surface area contributed by atoms with Gasteiger partial charge >= 0.3 is 0 Å². The van der Waals surface area contributed by atoms with E-state index < -0.39 is 0 Å². The first-order chi connectivity index (χ1) is 17.0. The second-order valence-electron chi connectivity index (χ2n) is 8.89. The zero-order valence-corrected chi connectivity index (χ0v) is 21.6. The third kappa shape index (κ3) is 6.63. The van der Waals surface area contributed by atoms with Gasteiger partial charge in [0.1, 0.15) is 6.29 Å². The van der Waals surface area contributed by atoms with Gasteiger partial charge in [-0.05, 0) is 73.7 Å². The third-order valence-electron chi connectivity index (χ3n) is 6.78. The van der Waals surface area contributed by atoms with Crippen LogP contribution in [0.1, 0.15) is 54.4 Å². The average molecular weight is 518 g/mol. The van der Waals surface area contributed by atoms with Crippen molar-refractivity contribution in [3.05, 3.63) is 57.6 Å². The molecular weight excluding hydrogens is 485 g/mol. The molecule has 188 valence electrons. The molecule has 6 nitrogen and oxygen atoms in total. The summed E-state index contributed by atoms with van der Waals surface area (Å²) in [6, 6.07) is 11.2. The van der Waals surface area contributed by atoms with E-state index in [0.717, 1.165) is 42.5 Å². The number of hydrogen-bond donors (Lipinski definition) is 2. The number of hydrogen-bond acceptors (Lipinski definition) is 4. The molecule has 3 N–H and O–H groups in total. The molecule has 4 rings (SSSR count). The molecule has 1 saturated heterocycles. The van der Waals surface area contributed by atoms with Gasteiger partial charge in [-0.25, -0.2) is 0 Å². The van der Waals surface area contributed by atoms with Gasteiger partial charge in [0, 0.05) is 34.1 Å². The Hall–Kier alpha value is -2.41. The molecule has 0 radical (unpaired) electrons. The van der Waals surface area contributed by atoms with Gasteiger partial charge in [0.05, 0.1) is 6.54 Å². The molecule has 0 bridgehead atoms. The van der Waals surface area contributed by atoms with E-state index in [-0.39, 0.29) is 24.3 Å². The Morgan fingerprint density at radius 3 is 2.26 bits per heavy atom. The number of amides is 2. The number of halogens is 2. The van der Waals surface area contributed by atoms with Crippen LogP contribution in [0.4, 0.5) is 0 Å². The van der Waals surface area contributed by atoms with Gasteiger partial charge in [-0.1, -0.05) is 54.6 Å². The van der Waals surface area contributed by atoms with Crippen molar-refractivity contribution in [2.75, 3.05) is 20.1 Å². The van der Waals surface area contributed by atoms with E-state index >= 15 is 0 Å². The van der Waals surface area contributed by atoms with Crippen LogP contribution in [-0.2, 0) is 16.0 Å². The van der Waals surface area contributed by atoms with Gasteiger partial charge in [-0.2, -0.15) is 0 Å². The molecule has 1 atom stereocenters. The topological polar surface area (TPSA) is 92.5 Å². The number of likely N-dealkylation sites (tertiary alicyclic amines) is 1. The van der Waals surface area contributed by atoms with Gasteiger partial charge in [-0.3, -0.25) is 9.59 Å². The van der Waals surface area contributed by atoms with Crippen LogP contribution < -0.4 is 11.1 Å². The molecule has 2 aromatic rings. The molecule has 0 spiro atoms. The van der Waals surface area contributed by atoms with E-state index in [4.69, 9.17) is 23.2 Å². The van der Waals surface area contributed by atoms with Crippen LogP contribution in [0.3, 0.4) is 0 Å². The van der Waals surface area contributed by atoms with E-state index in [2.05, 4.69) is 16.0 Å². The minimum atomic E-state index is -0.302. The number of carbonyl (C=O) groups is 3. The largest absolute Gasteiger partial charge is 0.345 e. The van der Waals surface area contributed by atoms with Gasteiger partial charge in [0.15, 0.2) is 0 Å². The van der Waals surface area contributed by atoms with Crippen molar-refractivity contribution in [1.82, 2.24) is 10.2 Å². The zero-order chi connectivity index (χ0) is 25.4. The predicted molar refractivity (Wildman–Crippen MR) is 141 cm³/mol. The highest BCUT2D eigenvalue weighted by molar-refractivity contribution is 6.36. The smallest absolute Gasteiger partial charge is 0.251 e. The Bertz CT molecular complexity index is 1010. The number of carbonyl (C=O) groups excluding carboxylic acids is 3. The Balaban J connectivity index is 0.00000167. The average Bonchev–Trinajstić information content (AvgIpc) is 3.26. The van der Waals surface area contributed by atoms with Crippen molar-refractivity contribution in [1.29, 1.82) is 0 Å². The molecule has 1 aliphatic heterocycles. The van der Waals surface area contributed by atoms with Crippen molar-refractivity contribution >= 4 is 41.3 Å². The van der Waals surface area contributed by atoms with Gasteiger partial charge in [0.2, 0.25) is 5.91 Å². The summed E-state index contributed by atoms with van der Waals surface area (Å²) in [5.74, 6) is -0.137. The number of nitrogens with two attached hydrogens (primary N) is 1. The number of benzene rings is 2. The Kier molecular flexibility index (Phi) is 10.1. The number of nitrogens with one attached hydrogen (secondary N) is 1. The summed E-state index contributed by atoms with van der Waals surface area (Å²) in [5, 5.41) is 3.62. The normalized spacial score (nSPS) is 18.1. The van der Waals surface area contributed by atoms with E-state index in [1.165, 1.54) is 26.3 Å². The minimum Gasteiger partial charge on any atom is -0.345 e. The zero-order valence-electron chi connectivity index (χ0n) is 20.1. The van der Waals surface area contributed by atoms with Crippen molar-refractivity contribution in [2.24, 2.45) is 11.7 Å². The van der Waals surface area contributed by atoms with Crippen molar-refractivity contribution < 1.29 is 14.4 Å². The molecule has 0 aromatic heterocycles. The molecule has 2 fully saturated rings. The van der Waals surface area contributed by atoms with E-state index in [1.807, 2.05) is 24.3 Å². The molecule has 35 heavy (non-hydrogen) atoms. The van der Waals surface area contributed by atoms with E-state index in [1.54, 1.807) is 12.1 Å². The highest BCUT2D eigenvalue weighted by Crippen LogP contribution is 2.36. The third-order valence-corrected chi connectivity index (χ3v) is 7.46. The summed E-state index contributed by atoms with van der Waals surface area (Å²) in [6.45, 7) is 0.809. The van der Waals surface area contributed by atoms with Crippen LogP contribution in [-0.4, -0.2) is 49.2 Å². The SMILES string of the molecule is CN.O=CCNC(=O)c1ccc(-c2cc(Cl)c(C[C@@H]3CCN(C4CCCCC4)C3=O)c(Cl)c2)cc1. The van der Waals surface area contributed by atoms with Crippen LogP contribution in [0, 0.1) is 5.92 Å². The maximum absolute atomic E-state index is 13.1. The second kappa shape index (κ2) is 13.1. The molecule has 2 aromatic carbocycles. The standard InChI is InChI=1S/C26H28Cl2N2O3.CH5N/c27-23-15-20(17-6-8-18(9-7-17)25(32)29-11-13-31)16-24(28)22(23)14-19-10-12-30(26(19)33)21-4-2-1-3-5-21;1-2/h6-9,13,15-16,19,21H,1-5,10-12,14H2,(H,29,32);2H2,1H3/t19-;/m0./s1. The summed E-state index contributed by atoms with van der Waals surface area (Å²) in [4.78, 5) is 37.6. The van der Waals surface area contributed by atoms with Gasteiger partial charge in [-0.15, -0.1) is 0 Å². The van der Waals surface area contributed by atoms with Gasteiger partial charge in [0.25, 0.3) is 5.91 Å². The maximum atomic E-state index is 13.1. The molecule has 1 heterocycles.